The summed E-state index contributed by atoms with van der Waals surface area (Å²) in [7, 11) is 1.32. The summed E-state index contributed by atoms with van der Waals surface area (Å²) in [6.07, 6.45) is 2.28. The van der Waals surface area contributed by atoms with Gasteiger partial charge in [0.2, 0.25) is 0 Å². The third-order valence-corrected chi connectivity index (χ3v) is 2.44. The third-order valence-electron chi connectivity index (χ3n) is 2.44. The van der Waals surface area contributed by atoms with Crippen molar-refractivity contribution in [3.05, 3.63) is 0 Å². The number of nitrogens with one attached hydrogen (secondary N) is 1. The molecular formula is C12H21NO4. The van der Waals surface area contributed by atoms with Gasteiger partial charge in [-0.3, -0.25) is 0 Å². The van der Waals surface area contributed by atoms with Crippen LogP contribution < -0.4 is 5.32 Å². The monoisotopic (exact) mass is 243 g/mol. The molecule has 0 heterocycles. The van der Waals surface area contributed by atoms with Crippen molar-refractivity contribution >= 4 is 12.1 Å². The first kappa shape index (κ1) is 13.8. The van der Waals surface area contributed by atoms with Crippen LogP contribution in [0.25, 0.3) is 0 Å². The van der Waals surface area contributed by atoms with E-state index >= 15 is 0 Å². The van der Waals surface area contributed by atoms with Crippen molar-refractivity contribution in [1.29, 1.82) is 0 Å². The van der Waals surface area contributed by atoms with E-state index in [-0.39, 0.29) is 0 Å². The van der Waals surface area contributed by atoms with Gasteiger partial charge in [-0.25, -0.2) is 9.59 Å². The van der Waals surface area contributed by atoms with E-state index in [0.717, 1.165) is 12.8 Å². The maximum atomic E-state index is 11.6. The lowest BCUT2D eigenvalue weighted by Gasteiger charge is -2.22. The van der Waals surface area contributed by atoms with Gasteiger partial charge in [-0.15, -0.1) is 0 Å². The summed E-state index contributed by atoms with van der Waals surface area (Å²) in [5, 5.41) is 2.56. The van der Waals surface area contributed by atoms with E-state index in [1.54, 1.807) is 20.8 Å². The van der Waals surface area contributed by atoms with Gasteiger partial charge < -0.3 is 14.8 Å². The van der Waals surface area contributed by atoms with E-state index < -0.39 is 23.7 Å². The van der Waals surface area contributed by atoms with Crippen LogP contribution in [0.2, 0.25) is 0 Å². The Labute approximate surface area is 102 Å². The fourth-order valence-corrected chi connectivity index (χ4v) is 1.49. The van der Waals surface area contributed by atoms with Crippen LogP contribution in [0.5, 0.6) is 0 Å². The fourth-order valence-electron chi connectivity index (χ4n) is 1.49. The molecular weight excluding hydrogens is 222 g/mol. The average molecular weight is 243 g/mol. The van der Waals surface area contributed by atoms with Gasteiger partial charge >= 0.3 is 12.1 Å². The molecule has 1 atom stereocenters. The number of carbonyl (C=O) groups is 2. The smallest absolute Gasteiger partial charge is 0.408 e. The molecule has 1 saturated carbocycles. The van der Waals surface area contributed by atoms with Crippen molar-refractivity contribution < 1.29 is 19.1 Å². The summed E-state index contributed by atoms with van der Waals surface area (Å²) >= 11 is 0. The van der Waals surface area contributed by atoms with Crippen LogP contribution in [-0.2, 0) is 14.3 Å². The molecule has 0 aliphatic heterocycles. The van der Waals surface area contributed by atoms with Crippen molar-refractivity contribution in [2.24, 2.45) is 5.92 Å². The third kappa shape index (κ3) is 5.56. The van der Waals surface area contributed by atoms with Crippen molar-refractivity contribution in [1.82, 2.24) is 5.32 Å². The Hall–Kier alpha value is -1.26. The van der Waals surface area contributed by atoms with Crippen LogP contribution >= 0.6 is 0 Å². The van der Waals surface area contributed by atoms with Gasteiger partial charge in [0.1, 0.15) is 11.6 Å². The molecule has 0 aromatic carbocycles. The van der Waals surface area contributed by atoms with Crippen molar-refractivity contribution in [3.8, 4) is 0 Å². The Morgan fingerprint density at radius 3 is 2.35 bits per heavy atom. The van der Waals surface area contributed by atoms with Gasteiger partial charge in [-0.1, -0.05) is 12.8 Å². The average Bonchev–Trinajstić information content (AvgIpc) is 2.96. The Morgan fingerprint density at radius 1 is 1.35 bits per heavy atom. The minimum Gasteiger partial charge on any atom is -0.467 e. The molecule has 1 amide bonds. The number of carbonyl (C=O) groups excluding carboxylic acids is 2. The van der Waals surface area contributed by atoms with E-state index in [2.05, 4.69) is 10.1 Å². The second kappa shape index (κ2) is 5.38. The largest absolute Gasteiger partial charge is 0.467 e. The zero-order valence-corrected chi connectivity index (χ0v) is 10.9. The molecule has 0 spiro atoms. The standard InChI is InChI=1S/C12H21NO4/c1-12(2,3)17-11(15)13-9(10(14)16-4)7-8-5-6-8/h8-9H,5-7H2,1-4H3,(H,13,15)/t9-/m1/s1. The zero-order valence-electron chi connectivity index (χ0n) is 10.9. The van der Waals surface area contributed by atoms with E-state index in [4.69, 9.17) is 4.74 Å². The predicted octanol–water partition coefficient (Wildman–Crippen LogP) is 1.85. The summed E-state index contributed by atoms with van der Waals surface area (Å²) in [5.41, 5.74) is -0.565. The number of methoxy groups -OCH3 is 1. The summed E-state index contributed by atoms with van der Waals surface area (Å²) in [6.45, 7) is 5.34. The highest BCUT2D eigenvalue weighted by molar-refractivity contribution is 5.81. The van der Waals surface area contributed by atoms with Gasteiger partial charge in [0.05, 0.1) is 7.11 Å². The van der Waals surface area contributed by atoms with Gasteiger partial charge in [-0.05, 0) is 33.1 Å². The van der Waals surface area contributed by atoms with Crippen LogP contribution in [0.15, 0.2) is 0 Å². The second-order valence-electron chi connectivity index (χ2n) is 5.40. The second-order valence-corrected chi connectivity index (χ2v) is 5.40. The SMILES string of the molecule is COC(=O)[C@@H](CC1CC1)NC(=O)OC(C)(C)C. The first-order valence-electron chi connectivity index (χ1n) is 5.89. The highest BCUT2D eigenvalue weighted by atomic mass is 16.6. The van der Waals surface area contributed by atoms with Gasteiger partial charge in [0, 0.05) is 0 Å². The summed E-state index contributed by atoms with van der Waals surface area (Å²) in [5.74, 6) is 0.108. The molecule has 1 fully saturated rings. The Balaban J connectivity index is 2.46. The number of alkyl carbamates (subject to hydrolysis) is 1. The molecule has 1 N–H and O–H groups in total. The number of amides is 1. The van der Waals surface area contributed by atoms with Gasteiger partial charge in [0.15, 0.2) is 0 Å². The Kier molecular flexibility index (Phi) is 4.37. The Bertz CT molecular complexity index is 291. The quantitative estimate of drug-likeness (QED) is 0.765. The molecule has 0 bridgehead atoms. The first-order valence-corrected chi connectivity index (χ1v) is 5.89. The number of ether oxygens (including phenoxy) is 2. The van der Waals surface area contributed by atoms with Crippen molar-refractivity contribution in [2.75, 3.05) is 7.11 Å². The molecule has 1 aliphatic rings. The lowest BCUT2D eigenvalue weighted by Crippen LogP contribution is -2.44. The molecule has 5 heteroatoms. The molecule has 1 aliphatic carbocycles. The van der Waals surface area contributed by atoms with Crippen LogP contribution in [0.1, 0.15) is 40.0 Å². The predicted molar refractivity (Wildman–Crippen MR) is 62.5 cm³/mol. The van der Waals surface area contributed by atoms with Crippen LogP contribution in [0.3, 0.4) is 0 Å². The summed E-state index contributed by atoms with van der Waals surface area (Å²) in [4.78, 5) is 23.0. The number of esters is 1. The van der Waals surface area contributed by atoms with Crippen LogP contribution in [0, 0.1) is 5.92 Å². The number of rotatable bonds is 4. The molecule has 0 aromatic heterocycles. The van der Waals surface area contributed by atoms with Gasteiger partial charge in [-0.2, -0.15) is 0 Å². The maximum Gasteiger partial charge on any atom is 0.408 e. The number of hydrogen-bond acceptors (Lipinski definition) is 4. The van der Waals surface area contributed by atoms with Crippen molar-refractivity contribution in [3.63, 3.8) is 0 Å². The van der Waals surface area contributed by atoms with Crippen LogP contribution in [-0.4, -0.2) is 30.8 Å². The van der Waals surface area contributed by atoms with E-state index in [0.29, 0.717) is 12.3 Å². The Morgan fingerprint density at radius 2 is 1.94 bits per heavy atom. The zero-order chi connectivity index (χ0) is 13.1. The topological polar surface area (TPSA) is 64.6 Å². The lowest BCUT2D eigenvalue weighted by molar-refractivity contribution is -0.143. The summed E-state index contributed by atoms with van der Waals surface area (Å²) in [6, 6.07) is -0.595. The first-order chi connectivity index (χ1) is 7.81. The minimum absolute atomic E-state index is 0.414. The minimum atomic E-state index is -0.595. The van der Waals surface area contributed by atoms with E-state index in [9.17, 15) is 9.59 Å². The van der Waals surface area contributed by atoms with Gasteiger partial charge in [0.25, 0.3) is 0 Å². The normalized spacial score (nSPS) is 17.2. The fraction of sp³-hybridized carbons (Fsp3) is 0.833. The summed E-state index contributed by atoms with van der Waals surface area (Å²) < 4.78 is 9.77. The molecule has 0 saturated heterocycles. The molecule has 0 unspecified atom stereocenters. The molecule has 0 radical (unpaired) electrons. The van der Waals surface area contributed by atoms with E-state index in [1.807, 2.05) is 0 Å². The van der Waals surface area contributed by atoms with Crippen molar-refractivity contribution in [2.45, 2.75) is 51.7 Å². The lowest BCUT2D eigenvalue weighted by atomic mass is 10.1. The molecule has 98 valence electrons. The highest BCUT2D eigenvalue weighted by Gasteiger charge is 2.32. The molecule has 0 aromatic rings. The molecule has 5 nitrogen and oxygen atoms in total. The highest BCUT2D eigenvalue weighted by Crippen LogP contribution is 2.33. The number of hydrogen-bond donors (Lipinski definition) is 1. The maximum absolute atomic E-state index is 11.6. The van der Waals surface area contributed by atoms with Crippen LogP contribution in [0.4, 0.5) is 4.79 Å². The molecule has 1 rings (SSSR count). The van der Waals surface area contributed by atoms with E-state index in [1.165, 1.54) is 7.11 Å². The molecule has 17 heavy (non-hydrogen) atoms.